The summed E-state index contributed by atoms with van der Waals surface area (Å²) in [7, 11) is 0. The average molecular weight is 505 g/mol. The Bertz CT molecular complexity index is 1450. The van der Waals surface area contributed by atoms with Crippen molar-refractivity contribution in [2.24, 2.45) is 11.3 Å². The maximum absolute atomic E-state index is 13.9. The lowest BCUT2D eigenvalue weighted by molar-refractivity contribution is 0.0697. The third-order valence-corrected chi connectivity index (χ3v) is 9.02. The molecule has 5 nitrogen and oxygen atoms in total. The number of benzene rings is 2. The van der Waals surface area contributed by atoms with Gasteiger partial charge in [-0.2, -0.15) is 0 Å². The van der Waals surface area contributed by atoms with Crippen LogP contribution < -0.4 is 5.56 Å². The van der Waals surface area contributed by atoms with E-state index in [4.69, 9.17) is 10.1 Å². The van der Waals surface area contributed by atoms with Crippen LogP contribution in [0, 0.1) is 11.3 Å². The number of carboxylic acid groups (broad SMARTS) is 1. The van der Waals surface area contributed by atoms with Crippen LogP contribution in [-0.4, -0.2) is 20.6 Å². The molecule has 1 aliphatic rings. The molecule has 0 saturated heterocycles. The van der Waals surface area contributed by atoms with Gasteiger partial charge in [0.1, 0.15) is 4.83 Å². The first kappa shape index (κ1) is 23.8. The number of aryl methyl sites for hydroxylation is 1. The predicted molar refractivity (Wildman–Crippen MR) is 143 cm³/mol. The van der Waals surface area contributed by atoms with Crippen molar-refractivity contribution in [3.05, 3.63) is 86.5 Å². The quantitative estimate of drug-likeness (QED) is 0.245. The van der Waals surface area contributed by atoms with Crippen molar-refractivity contribution in [1.29, 1.82) is 0 Å². The molecule has 2 heterocycles. The van der Waals surface area contributed by atoms with Crippen molar-refractivity contribution in [1.82, 2.24) is 9.55 Å². The van der Waals surface area contributed by atoms with Crippen LogP contribution in [-0.2, 0) is 18.6 Å². The van der Waals surface area contributed by atoms with E-state index in [1.165, 1.54) is 22.2 Å². The zero-order valence-electron chi connectivity index (χ0n) is 20.1. The number of fused-ring (bicyclic) bond motifs is 3. The van der Waals surface area contributed by atoms with Crippen LogP contribution in [0.15, 0.2) is 64.5 Å². The smallest absolute Gasteiger partial charge is 0.335 e. The van der Waals surface area contributed by atoms with E-state index in [9.17, 15) is 9.59 Å². The Hall–Kier alpha value is -2.90. The fourth-order valence-corrected chi connectivity index (χ4v) is 7.05. The molecule has 0 radical (unpaired) electrons. The summed E-state index contributed by atoms with van der Waals surface area (Å²) in [5, 5.41) is 10.6. The van der Waals surface area contributed by atoms with E-state index < -0.39 is 5.97 Å². The van der Waals surface area contributed by atoms with E-state index in [-0.39, 0.29) is 16.5 Å². The Labute approximate surface area is 212 Å². The molecule has 1 N–H and O–H groups in total. The van der Waals surface area contributed by atoms with Crippen LogP contribution in [0.1, 0.15) is 53.6 Å². The number of para-hydroxylation sites is 1. The minimum absolute atomic E-state index is 0.00312. The Morgan fingerprint density at radius 3 is 2.51 bits per heavy atom. The average Bonchev–Trinajstić information content (AvgIpc) is 3.21. The Morgan fingerprint density at radius 1 is 1.14 bits per heavy atom. The molecule has 0 amide bonds. The topological polar surface area (TPSA) is 72.2 Å². The van der Waals surface area contributed by atoms with Crippen molar-refractivity contribution in [2.75, 3.05) is 0 Å². The van der Waals surface area contributed by atoms with Gasteiger partial charge in [0.05, 0.1) is 16.6 Å². The predicted octanol–water partition coefficient (Wildman–Crippen LogP) is 6.59. The first-order valence-electron chi connectivity index (χ1n) is 11.8. The second-order valence-electron chi connectivity index (χ2n) is 10.2. The molecule has 0 spiro atoms. The van der Waals surface area contributed by atoms with Gasteiger partial charge in [0, 0.05) is 10.6 Å². The molecule has 35 heavy (non-hydrogen) atoms. The fraction of sp³-hybridized carbons (Fsp3) is 0.321. The van der Waals surface area contributed by atoms with E-state index in [0.29, 0.717) is 16.8 Å². The normalized spacial score (nSPS) is 15.8. The third-order valence-electron chi connectivity index (χ3n) is 6.86. The number of thiophene rings is 1. The van der Waals surface area contributed by atoms with Crippen LogP contribution >= 0.6 is 23.1 Å². The summed E-state index contributed by atoms with van der Waals surface area (Å²) in [4.78, 5) is 32.3. The van der Waals surface area contributed by atoms with E-state index in [2.05, 4.69) is 20.8 Å². The van der Waals surface area contributed by atoms with Crippen LogP contribution in [0.2, 0.25) is 0 Å². The summed E-state index contributed by atoms with van der Waals surface area (Å²) < 4.78 is 1.74. The minimum Gasteiger partial charge on any atom is -0.478 e. The van der Waals surface area contributed by atoms with Crippen molar-refractivity contribution < 1.29 is 9.90 Å². The van der Waals surface area contributed by atoms with Gasteiger partial charge in [-0.1, -0.05) is 62.9 Å². The van der Waals surface area contributed by atoms with Gasteiger partial charge in [-0.25, -0.2) is 9.78 Å². The number of aromatic carboxylic acids is 1. The lowest BCUT2D eigenvalue weighted by Crippen LogP contribution is -2.27. The Kier molecular flexibility index (Phi) is 6.32. The van der Waals surface area contributed by atoms with Gasteiger partial charge in [0.2, 0.25) is 0 Å². The van der Waals surface area contributed by atoms with E-state index in [0.717, 1.165) is 40.7 Å². The maximum Gasteiger partial charge on any atom is 0.335 e. The molecule has 0 aliphatic heterocycles. The highest BCUT2D eigenvalue weighted by Crippen LogP contribution is 2.42. The minimum atomic E-state index is -0.940. The Balaban J connectivity index is 1.57. The molecule has 0 unspecified atom stereocenters. The molecule has 0 fully saturated rings. The zero-order valence-corrected chi connectivity index (χ0v) is 21.7. The molecule has 1 atom stereocenters. The summed E-state index contributed by atoms with van der Waals surface area (Å²) in [5.74, 6) is 0.244. The monoisotopic (exact) mass is 504 g/mol. The first-order chi connectivity index (χ1) is 16.7. The van der Waals surface area contributed by atoms with Gasteiger partial charge < -0.3 is 5.11 Å². The van der Waals surface area contributed by atoms with Gasteiger partial charge in [0.15, 0.2) is 5.16 Å². The van der Waals surface area contributed by atoms with Gasteiger partial charge in [-0.15, -0.1) is 11.3 Å². The van der Waals surface area contributed by atoms with Gasteiger partial charge in [-0.3, -0.25) is 9.36 Å². The number of carbonyl (C=O) groups is 1. The summed E-state index contributed by atoms with van der Waals surface area (Å²) in [6, 6.07) is 16.5. The molecule has 4 aromatic rings. The molecule has 2 aromatic carbocycles. The summed E-state index contributed by atoms with van der Waals surface area (Å²) >= 11 is 3.18. The molecule has 2 aromatic heterocycles. The first-order valence-corrected chi connectivity index (χ1v) is 13.6. The van der Waals surface area contributed by atoms with Gasteiger partial charge in [-0.05, 0) is 66.0 Å². The van der Waals surface area contributed by atoms with E-state index >= 15 is 0 Å². The lowest BCUT2D eigenvalue weighted by Gasteiger charge is -2.33. The number of aromatic nitrogens is 2. The molecule has 0 saturated carbocycles. The number of rotatable bonds is 5. The van der Waals surface area contributed by atoms with Gasteiger partial charge >= 0.3 is 5.97 Å². The largest absolute Gasteiger partial charge is 0.478 e. The van der Waals surface area contributed by atoms with Crippen LogP contribution in [0.5, 0.6) is 0 Å². The fourth-order valence-electron chi connectivity index (χ4n) is 4.74. The summed E-state index contributed by atoms with van der Waals surface area (Å²) in [6.07, 6.45) is 3.02. The van der Waals surface area contributed by atoms with Crippen molar-refractivity contribution in [3.63, 3.8) is 0 Å². The number of hydrogen-bond donors (Lipinski definition) is 1. The molecule has 0 bridgehead atoms. The van der Waals surface area contributed by atoms with Crippen molar-refractivity contribution in [2.45, 2.75) is 50.9 Å². The number of hydrogen-bond acceptors (Lipinski definition) is 5. The van der Waals surface area contributed by atoms with Crippen LogP contribution in [0.25, 0.3) is 15.9 Å². The standard InChI is InChI=1S/C28H28N2O3S2/c1-28(2,3)19-13-14-21-22(15-19)35-24-23(21)25(31)30(20-7-5-4-6-8-20)27(29-24)34-16-17-9-11-18(12-10-17)26(32)33/h4-12,19H,13-16H2,1-3H3,(H,32,33)/t19-/m1/s1. The molecular weight excluding hydrogens is 476 g/mol. The van der Waals surface area contributed by atoms with Crippen LogP contribution in [0.4, 0.5) is 0 Å². The SMILES string of the molecule is CC(C)(C)[C@@H]1CCc2c(sc3nc(SCc4ccc(C(=O)O)cc4)n(-c4ccccc4)c(=O)c23)C1. The zero-order chi connectivity index (χ0) is 24.7. The molecule has 180 valence electrons. The van der Waals surface area contributed by atoms with E-state index in [1.54, 1.807) is 28.0 Å². The van der Waals surface area contributed by atoms with Crippen LogP contribution in [0.3, 0.4) is 0 Å². The maximum atomic E-state index is 13.9. The van der Waals surface area contributed by atoms with E-state index in [1.807, 2.05) is 42.5 Å². The number of carboxylic acids is 1. The highest BCUT2D eigenvalue weighted by molar-refractivity contribution is 7.98. The third kappa shape index (κ3) is 4.67. The molecule has 7 heteroatoms. The highest BCUT2D eigenvalue weighted by atomic mass is 32.2. The highest BCUT2D eigenvalue weighted by Gasteiger charge is 2.32. The second-order valence-corrected chi connectivity index (χ2v) is 12.2. The van der Waals surface area contributed by atoms with Gasteiger partial charge in [0.25, 0.3) is 5.56 Å². The number of thioether (sulfide) groups is 1. The second kappa shape index (κ2) is 9.28. The molecule has 1 aliphatic carbocycles. The summed E-state index contributed by atoms with van der Waals surface area (Å²) in [6.45, 7) is 6.90. The number of nitrogens with zero attached hydrogens (tertiary/aromatic N) is 2. The molecule has 5 rings (SSSR count). The summed E-state index contributed by atoms with van der Waals surface area (Å²) in [5.41, 5.74) is 3.47. The van der Waals surface area contributed by atoms with Crippen molar-refractivity contribution >= 4 is 39.3 Å². The Morgan fingerprint density at radius 2 is 1.86 bits per heavy atom. The lowest BCUT2D eigenvalue weighted by atomic mass is 9.72. The van der Waals surface area contributed by atoms with Crippen molar-refractivity contribution in [3.8, 4) is 5.69 Å². The molecular formula is C28H28N2O3S2.